The highest BCUT2D eigenvalue weighted by atomic mass is 16.2. The monoisotopic (exact) mass is 322 g/mol. The average Bonchev–Trinajstić information content (AvgIpc) is 2.50. The van der Waals surface area contributed by atoms with E-state index in [0.717, 1.165) is 30.5 Å². The van der Waals surface area contributed by atoms with Crippen LogP contribution in [0.15, 0.2) is 9.59 Å². The largest absolute Gasteiger partial charge is 0.384 e. The van der Waals surface area contributed by atoms with Crippen LogP contribution in [0, 0.1) is 5.92 Å². The van der Waals surface area contributed by atoms with Gasteiger partial charge in [-0.1, -0.05) is 20.3 Å². The van der Waals surface area contributed by atoms with E-state index < -0.39 is 11.2 Å². The first-order valence-electron chi connectivity index (χ1n) is 8.17. The van der Waals surface area contributed by atoms with Crippen LogP contribution in [-0.4, -0.2) is 39.5 Å². The van der Waals surface area contributed by atoms with Gasteiger partial charge in [-0.15, -0.1) is 0 Å². The van der Waals surface area contributed by atoms with Crippen LogP contribution >= 0.6 is 0 Å². The first-order valence-corrected chi connectivity index (χ1v) is 8.17. The molecular formula is C16H26N4O3. The molecule has 1 aliphatic rings. The molecule has 1 saturated heterocycles. The third-order valence-corrected chi connectivity index (χ3v) is 4.23. The van der Waals surface area contributed by atoms with Crippen LogP contribution in [0.5, 0.6) is 0 Å². The predicted molar refractivity (Wildman–Crippen MR) is 89.8 cm³/mol. The summed E-state index contributed by atoms with van der Waals surface area (Å²) in [5, 5.41) is 0. The molecule has 7 heteroatoms. The van der Waals surface area contributed by atoms with Crippen molar-refractivity contribution in [1.29, 1.82) is 0 Å². The standard InChI is InChI=1S/C16H26N4O3/c1-11(2)9-20-14(17)13(15(22)18(3)16(20)23)12(21)10-19-7-5-4-6-8-19/h11H,4-10,17H2,1-3H3. The van der Waals surface area contributed by atoms with Crippen molar-refractivity contribution < 1.29 is 4.79 Å². The highest BCUT2D eigenvalue weighted by molar-refractivity contribution is 6.01. The van der Waals surface area contributed by atoms with Crippen LogP contribution in [-0.2, 0) is 13.6 Å². The minimum atomic E-state index is -0.602. The molecule has 0 spiro atoms. The third kappa shape index (κ3) is 3.72. The van der Waals surface area contributed by atoms with Gasteiger partial charge in [0.25, 0.3) is 5.56 Å². The molecular weight excluding hydrogens is 296 g/mol. The third-order valence-electron chi connectivity index (χ3n) is 4.23. The molecule has 0 unspecified atom stereocenters. The summed E-state index contributed by atoms with van der Waals surface area (Å²) in [7, 11) is 1.39. The van der Waals surface area contributed by atoms with Gasteiger partial charge in [-0.3, -0.25) is 23.6 Å². The fraction of sp³-hybridized carbons (Fsp3) is 0.688. The van der Waals surface area contributed by atoms with Crippen LogP contribution in [0.4, 0.5) is 5.82 Å². The van der Waals surface area contributed by atoms with Gasteiger partial charge >= 0.3 is 5.69 Å². The lowest BCUT2D eigenvalue weighted by molar-refractivity contribution is 0.0913. The number of ketones is 1. The second kappa shape index (κ2) is 7.12. The van der Waals surface area contributed by atoms with Crippen LogP contribution < -0.4 is 17.0 Å². The lowest BCUT2D eigenvalue weighted by Gasteiger charge is -2.26. The summed E-state index contributed by atoms with van der Waals surface area (Å²) in [5.74, 6) is -0.131. The summed E-state index contributed by atoms with van der Waals surface area (Å²) in [6, 6.07) is 0. The Kier molecular flexibility index (Phi) is 5.41. The van der Waals surface area contributed by atoms with Crippen molar-refractivity contribution in [2.75, 3.05) is 25.4 Å². The Labute approximate surface area is 135 Å². The maximum atomic E-state index is 12.6. The molecule has 0 aliphatic carbocycles. The molecule has 1 aliphatic heterocycles. The maximum Gasteiger partial charge on any atom is 0.332 e. The Bertz CT molecular complexity index is 697. The van der Waals surface area contributed by atoms with Crippen LogP contribution in [0.25, 0.3) is 0 Å². The number of rotatable bonds is 5. The predicted octanol–water partition coefficient (Wildman–Crippen LogP) is 0.454. The fourth-order valence-corrected chi connectivity index (χ4v) is 2.99. The van der Waals surface area contributed by atoms with Crippen molar-refractivity contribution in [2.24, 2.45) is 13.0 Å². The highest BCUT2D eigenvalue weighted by Gasteiger charge is 2.24. The van der Waals surface area contributed by atoms with Crippen molar-refractivity contribution in [3.63, 3.8) is 0 Å². The first kappa shape index (κ1) is 17.5. The number of likely N-dealkylation sites (tertiary alicyclic amines) is 1. The van der Waals surface area contributed by atoms with Crippen LogP contribution in [0.3, 0.4) is 0 Å². The Morgan fingerprint density at radius 2 is 1.78 bits per heavy atom. The van der Waals surface area contributed by atoms with Gasteiger partial charge in [0.1, 0.15) is 11.4 Å². The number of piperidine rings is 1. The number of carbonyl (C=O) groups is 1. The molecule has 2 N–H and O–H groups in total. The van der Waals surface area contributed by atoms with Gasteiger partial charge in [0.15, 0.2) is 5.78 Å². The molecule has 7 nitrogen and oxygen atoms in total. The van der Waals surface area contributed by atoms with Gasteiger partial charge in [-0.2, -0.15) is 0 Å². The number of hydrogen-bond donors (Lipinski definition) is 1. The highest BCUT2D eigenvalue weighted by Crippen LogP contribution is 2.12. The van der Waals surface area contributed by atoms with Gasteiger partial charge < -0.3 is 5.73 Å². The fourth-order valence-electron chi connectivity index (χ4n) is 2.99. The van der Waals surface area contributed by atoms with Crippen molar-refractivity contribution in [3.05, 3.63) is 26.4 Å². The molecule has 0 amide bonds. The van der Waals surface area contributed by atoms with Crippen molar-refractivity contribution >= 4 is 11.6 Å². The molecule has 0 saturated carbocycles. The summed E-state index contributed by atoms with van der Waals surface area (Å²) < 4.78 is 2.30. The number of carbonyl (C=O) groups excluding carboxylic acids is 1. The summed E-state index contributed by atoms with van der Waals surface area (Å²) in [6.07, 6.45) is 3.30. The Morgan fingerprint density at radius 3 is 2.35 bits per heavy atom. The van der Waals surface area contributed by atoms with Gasteiger partial charge in [0.2, 0.25) is 0 Å². The van der Waals surface area contributed by atoms with Gasteiger partial charge in [0, 0.05) is 13.6 Å². The minimum absolute atomic E-state index is 0.00573. The molecule has 1 aromatic heterocycles. The van der Waals surface area contributed by atoms with E-state index in [-0.39, 0.29) is 29.6 Å². The minimum Gasteiger partial charge on any atom is -0.384 e. The summed E-state index contributed by atoms with van der Waals surface area (Å²) in [6.45, 7) is 6.18. The average molecular weight is 322 g/mol. The molecule has 0 aromatic carbocycles. The van der Waals surface area contributed by atoms with Crippen LogP contribution in [0.2, 0.25) is 0 Å². The molecule has 0 bridgehead atoms. The van der Waals surface area contributed by atoms with E-state index in [9.17, 15) is 14.4 Å². The Hall–Kier alpha value is -1.89. The number of hydrogen-bond acceptors (Lipinski definition) is 5. The van der Waals surface area contributed by atoms with E-state index in [1.807, 2.05) is 18.7 Å². The summed E-state index contributed by atoms with van der Waals surface area (Å²) in [4.78, 5) is 39.2. The van der Waals surface area contributed by atoms with E-state index in [2.05, 4.69) is 0 Å². The molecule has 128 valence electrons. The number of Topliss-reactive ketones (excluding diaryl/α,β-unsaturated/α-hetero) is 1. The summed E-state index contributed by atoms with van der Waals surface area (Å²) in [5.41, 5.74) is 4.88. The molecule has 2 heterocycles. The lowest BCUT2D eigenvalue weighted by atomic mass is 10.1. The summed E-state index contributed by atoms with van der Waals surface area (Å²) >= 11 is 0. The zero-order valence-electron chi connectivity index (χ0n) is 14.2. The normalized spacial score (nSPS) is 16.0. The SMILES string of the molecule is CC(C)Cn1c(N)c(C(=O)CN2CCCCC2)c(=O)n(C)c1=O. The van der Waals surface area contributed by atoms with E-state index in [1.165, 1.54) is 18.0 Å². The van der Waals surface area contributed by atoms with Crippen molar-refractivity contribution in [3.8, 4) is 0 Å². The maximum absolute atomic E-state index is 12.6. The molecule has 1 fully saturated rings. The van der Waals surface area contributed by atoms with Crippen molar-refractivity contribution in [2.45, 2.75) is 39.7 Å². The van der Waals surface area contributed by atoms with Gasteiger partial charge in [-0.25, -0.2) is 4.79 Å². The first-order chi connectivity index (χ1) is 10.8. The molecule has 0 radical (unpaired) electrons. The number of nitrogens with two attached hydrogens (primary N) is 1. The second-order valence-electron chi connectivity index (χ2n) is 6.67. The second-order valence-corrected chi connectivity index (χ2v) is 6.67. The number of nitrogens with zero attached hydrogens (tertiary/aromatic N) is 3. The zero-order chi connectivity index (χ0) is 17.1. The van der Waals surface area contributed by atoms with E-state index >= 15 is 0 Å². The van der Waals surface area contributed by atoms with Crippen molar-refractivity contribution in [1.82, 2.24) is 14.0 Å². The quantitative estimate of drug-likeness (QED) is 0.795. The smallest absolute Gasteiger partial charge is 0.332 e. The topological polar surface area (TPSA) is 90.3 Å². The molecule has 1 aromatic rings. The van der Waals surface area contributed by atoms with E-state index in [1.54, 1.807) is 0 Å². The van der Waals surface area contributed by atoms with E-state index in [4.69, 9.17) is 5.73 Å². The number of aromatic nitrogens is 2. The number of anilines is 1. The van der Waals surface area contributed by atoms with Crippen LogP contribution in [0.1, 0.15) is 43.5 Å². The molecule has 0 atom stereocenters. The Morgan fingerprint density at radius 1 is 1.17 bits per heavy atom. The van der Waals surface area contributed by atoms with E-state index in [0.29, 0.717) is 6.54 Å². The van der Waals surface area contributed by atoms with Gasteiger partial charge in [-0.05, 0) is 31.8 Å². The number of nitrogen functional groups attached to an aromatic ring is 1. The Balaban J connectivity index is 2.40. The van der Waals surface area contributed by atoms with Gasteiger partial charge in [0.05, 0.1) is 6.54 Å². The lowest BCUT2D eigenvalue weighted by Crippen LogP contribution is -2.45. The molecule has 2 rings (SSSR count). The zero-order valence-corrected chi connectivity index (χ0v) is 14.2. The molecule has 23 heavy (non-hydrogen) atoms.